The fourth-order valence-electron chi connectivity index (χ4n) is 3.95. The zero-order chi connectivity index (χ0) is 16.6. The molecule has 1 fully saturated rings. The smallest absolute Gasteiger partial charge is 0.138 e. The topological polar surface area (TPSA) is 92.5 Å². The number of anilines is 2. The Morgan fingerprint density at radius 3 is 1.91 bits per heavy atom. The Morgan fingerprint density at radius 2 is 1.48 bits per heavy atom. The third-order valence-corrected chi connectivity index (χ3v) is 5.16. The summed E-state index contributed by atoms with van der Waals surface area (Å²) in [5.41, 5.74) is 14.7. The molecule has 0 heterocycles. The highest BCUT2D eigenvalue weighted by Crippen LogP contribution is 2.48. The first-order valence-corrected chi connectivity index (χ1v) is 8.10. The summed E-state index contributed by atoms with van der Waals surface area (Å²) < 4.78 is 0. The van der Waals surface area contributed by atoms with Gasteiger partial charge in [0.05, 0.1) is 11.4 Å². The number of aromatic hydroxyl groups is 2. The van der Waals surface area contributed by atoms with Crippen LogP contribution in [-0.4, -0.2) is 10.2 Å². The van der Waals surface area contributed by atoms with Gasteiger partial charge in [0.2, 0.25) is 0 Å². The van der Waals surface area contributed by atoms with Gasteiger partial charge in [0.25, 0.3) is 0 Å². The summed E-state index contributed by atoms with van der Waals surface area (Å²) in [6.07, 6.45) is 4.35. The Kier molecular flexibility index (Phi) is 3.84. The van der Waals surface area contributed by atoms with Crippen molar-refractivity contribution in [1.29, 1.82) is 0 Å². The fraction of sp³-hybridized carbons (Fsp3) is 0.368. The number of hydrogen-bond donors (Lipinski definition) is 4. The lowest BCUT2D eigenvalue weighted by molar-refractivity contribution is 0.272. The van der Waals surface area contributed by atoms with Crippen molar-refractivity contribution in [2.75, 3.05) is 11.5 Å². The molecule has 4 heteroatoms. The zero-order valence-electron chi connectivity index (χ0n) is 13.4. The number of nitrogen functional groups attached to an aromatic ring is 2. The molecule has 0 bridgehead atoms. The molecule has 122 valence electrons. The SMILES string of the molecule is CC1CCCC(c2ccc(O)c(N)c2)(c2ccc(O)c(N)c2)C1. The van der Waals surface area contributed by atoms with Crippen LogP contribution in [0.15, 0.2) is 36.4 Å². The molecule has 0 radical (unpaired) electrons. The van der Waals surface area contributed by atoms with Gasteiger partial charge in [0, 0.05) is 5.41 Å². The van der Waals surface area contributed by atoms with E-state index in [1.807, 2.05) is 24.3 Å². The van der Waals surface area contributed by atoms with Crippen LogP contribution in [0.5, 0.6) is 11.5 Å². The second kappa shape index (κ2) is 5.69. The van der Waals surface area contributed by atoms with Crippen LogP contribution >= 0.6 is 0 Å². The van der Waals surface area contributed by atoms with E-state index in [9.17, 15) is 10.2 Å². The molecule has 1 aliphatic carbocycles. The molecule has 23 heavy (non-hydrogen) atoms. The molecule has 0 amide bonds. The van der Waals surface area contributed by atoms with Crippen molar-refractivity contribution in [2.24, 2.45) is 5.92 Å². The highest BCUT2D eigenvalue weighted by molar-refractivity contribution is 5.59. The van der Waals surface area contributed by atoms with Crippen molar-refractivity contribution < 1.29 is 10.2 Å². The van der Waals surface area contributed by atoms with Gasteiger partial charge >= 0.3 is 0 Å². The summed E-state index contributed by atoms with van der Waals surface area (Å²) in [5, 5.41) is 19.5. The van der Waals surface area contributed by atoms with Crippen molar-refractivity contribution in [3.05, 3.63) is 47.5 Å². The summed E-state index contributed by atoms with van der Waals surface area (Å²) >= 11 is 0. The molecular weight excluding hydrogens is 288 g/mol. The van der Waals surface area contributed by atoms with E-state index in [1.54, 1.807) is 12.1 Å². The van der Waals surface area contributed by atoms with E-state index in [1.165, 1.54) is 6.42 Å². The first-order valence-electron chi connectivity index (χ1n) is 8.10. The van der Waals surface area contributed by atoms with Gasteiger partial charge in [-0.25, -0.2) is 0 Å². The van der Waals surface area contributed by atoms with Crippen LogP contribution in [0.1, 0.15) is 43.7 Å². The predicted molar refractivity (Wildman–Crippen MR) is 93.5 cm³/mol. The van der Waals surface area contributed by atoms with Gasteiger partial charge in [-0.15, -0.1) is 0 Å². The standard InChI is InChI=1S/C19H24N2O2/c1-12-3-2-8-19(11-12,13-4-6-17(22)15(20)9-13)14-5-7-18(23)16(21)10-14/h4-7,9-10,12,22-23H,2-3,8,11,20-21H2,1H3. The van der Waals surface area contributed by atoms with Crippen LogP contribution in [-0.2, 0) is 5.41 Å². The van der Waals surface area contributed by atoms with Crippen LogP contribution in [0.2, 0.25) is 0 Å². The number of phenols is 2. The Balaban J connectivity index is 2.17. The van der Waals surface area contributed by atoms with Crippen LogP contribution in [0.3, 0.4) is 0 Å². The number of rotatable bonds is 2. The van der Waals surface area contributed by atoms with Crippen molar-refractivity contribution in [2.45, 2.75) is 38.0 Å². The molecule has 3 rings (SSSR count). The molecule has 0 aliphatic heterocycles. The Bertz CT molecular complexity index is 676. The molecule has 6 N–H and O–H groups in total. The van der Waals surface area contributed by atoms with Crippen LogP contribution in [0.25, 0.3) is 0 Å². The largest absolute Gasteiger partial charge is 0.506 e. The Morgan fingerprint density at radius 1 is 0.957 bits per heavy atom. The molecule has 1 saturated carbocycles. The van der Waals surface area contributed by atoms with E-state index in [2.05, 4.69) is 6.92 Å². The second-order valence-electron chi connectivity index (χ2n) is 6.83. The van der Waals surface area contributed by atoms with Crippen LogP contribution in [0, 0.1) is 5.92 Å². The van der Waals surface area contributed by atoms with Crippen molar-refractivity contribution in [3.63, 3.8) is 0 Å². The summed E-state index contributed by atoms with van der Waals surface area (Å²) in [6.45, 7) is 2.27. The minimum atomic E-state index is -0.179. The highest BCUT2D eigenvalue weighted by Gasteiger charge is 2.38. The summed E-state index contributed by atoms with van der Waals surface area (Å²) in [4.78, 5) is 0. The molecule has 1 atom stereocenters. The summed E-state index contributed by atoms with van der Waals surface area (Å²) in [5.74, 6) is 0.810. The second-order valence-corrected chi connectivity index (χ2v) is 6.83. The normalized spacial score (nSPS) is 20.3. The molecule has 0 saturated heterocycles. The zero-order valence-corrected chi connectivity index (χ0v) is 13.4. The first kappa shape index (κ1) is 15.5. The van der Waals surface area contributed by atoms with Gasteiger partial charge in [0.1, 0.15) is 11.5 Å². The van der Waals surface area contributed by atoms with Gasteiger partial charge in [-0.05, 0) is 54.2 Å². The lowest BCUT2D eigenvalue weighted by Crippen LogP contribution is -2.33. The molecule has 1 aliphatic rings. The maximum absolute atomic E-state index is 9.75. The van der Waals surface area contributed by atoms with Crippen molar-refractivity contribution in [3.8, 4) is 11.5 Å². The van der Waals surface area contributed by atoms with Crippen molar-refractivity contribution >= 4 is 11.4 Å². The minimum absolute atomic E-state index is 0.109. The van der Waals surface area contributed by atoms with Crippen LogP contribution < -0.4 is 11.5 Å². The lowest BCUT2D eigenvalue weighted by atomic mass is 9.62. The van der Waals surface area contributed by atoms with Crippen LogP contribution in [0.4, 0.5) is 11.4 Å². The monoisotopic (exact) mass is 312 g/mol. The van der Waals surface area contributed by atoms with E-state index < -0.39 is 0 Å². The molecule has 4 nitrogen and oxygen atoms in total. The maximum atomic E-state index is 9.75. The molecular formula is C19H24N2O2. The Hall–Kier alpha value is -2.36. The predicted octanol–water partition coefficient (Wildman–Crippen LogP) is 3.76. The average Bonchev–Trinajstić information content (AvgIpc) is 2.52. The molecule has 1 unspecified atom stereocenters. The molecule has 2 aromatic carbocycles. The van der Waals surface area contributed by atoms with Gasteiger partial charge in [-0.3, -0.25) is 0 Å². The van der Waals surface area contributed by atoms with E-state index in [-0.39, 0.29) is 16.9 Å². The number of nitrogens with two attached hydrogens (primary N) is 2. The van der Waals surface area contributed by atoms with E-state index in [0.29, 0.717) is 17.3 Å². The van der Waals surface area contributed by atoms with E-state index in [0.717, 1.165) is 30.4 Å². The third kappa shape index (κ3) is 2.69. The molecule has 2 aromatic rings. The Labute approximate surface area is 136 Å². The minimum Gasteiger partial charge on any atom is -0.506 e. The van der Waals surface area contributed by atoms with Gasteiger partial charge < -0.3 is 21.7 Å². The quantitative estimate of drug-likeness (QED) is 0.502. The number of phenolic OH excluding ortho intramolecular Hbond substituents is 2. The summed E-state index contributed by atoms with van der Waals surface area (Å²) in [6, 6.07) is 11.0. The maximum Gasteiger partial charge on any atom is 0.138 e. The van der Waals surface area contributed by atoms with Gasteiger partial charge in [-0.2, -0.15) is 0 Å². The van der Waals surface area contributed by atoms with E-state index in [4.69, 9.17) is 11.5 Å². The lowest BCUT2D eigenvalue weighted by Gasteiger charge is -2.41. The van der Waals surface area contributed by atoms with Gasteiger partial charge in [-0.1, -0.05) is 31.9 Å². The molecule has 0 spiro atoms. The first-order chi connectivity index (χ1) is 10.9. The van der Waals surface area contributed by atoms with E-state index >= 15 is 0 Å². The highest BCUT2D eigenvalue weighted by atomic mass is 16.3. The number of hydrogen-bond acceptors (Lipinski definition) is 4. The molecule has 0 aromatic heterocycles. The fourth-order valence-corrected chi connectivity index (χ4v) is 3.95. The average molecular weight is 312 g/mol. The third-order valence-electron chi connectivity index (χ3n) is 5.16. The number of benzene rings is 2. The van der Waals surface area contributed by atoms with Gasteiger partial charge in [0.15, 0.2) is 0 Å². The van der Waals surface area contributed by atoms with Crippen molar-refractivity contribution in [1.82, 2.24) is 0 Å². The summed E-state index contributed by atoms with van der Waals surface area (Å²) in [7, 11) is 0.